The summed E-state index contributed by atoms with van der Waals surface area (Å²) in [5.74, 6) is -0.129. The van der Waals surface area contributed by atoms with Crippen LogP contribution in [-0.4, -0.2) is 53.5 Å². The number of carbonyl (C=O) groups is 1. The number of phenolic OH excluding ortho intramolecular Hbond substituents is 1. The van der Waals surface area contributed by atoms with E-state index in [1.807, 2.05) is 4.90 Å². The van der Waals surface area contributed by atoms with E-state index in [1.165, 1.54) is 12.1 Å². The van der Waals surface area contributed by atoms with Gasteiger partial charge in [-0.05, 0) is 18.2 Å². The number of nitriles is 1. The fourth-order valence-corrected chi connectivity index (χ4v) is 2.21. The van der Waals surface area contributed by atoms with E-state index in [2.05, 4.69) is 6.07 Å². The summed E-state index contributed by atoms with van der Waals surface area (Å²) in [6.07, 6.45) is 0. The zero-order valence-electron chi connectivity index (χ0n) is 10.3. The third-order valence-corrected chi connectivity index (χ3v) is 3.45. The minimum Gasteiger partial charge on any atom is -0.506 e. The van der Waals surface area contributed by atoms with Crippen LogP contribution in [0.2, 0.25) is 5.02 Å². The molecule has 0 bridgehead atoms. The van der Waals surface area contributed by atoms with Gasteiger partial charge in [-0.25, -0.2) is 0 Å². The zero-order chi connectivity index (χ0) is 13.8. The second-order valence-corrected chi connectivity index (χ2v) is 4.80. The van der Waals surface area contributed by atoms with Crippen LogP contribution in [0.15, 0.2) is 18.2 Å². The van der Waals surface area contributed by atoms with Crippen LogP contribution in [0.5, 0.6) is 5.75 Å². The van der Waals surface area contributed by atoms with Gasteiger partial charge < -0.3 is 10.0 Å². The summed E-state index contributed by atoms with van der Waals surface area (Å²) >= 11 is 5.80. The molecule has 1 heterocycles. The van der Waals surface area contributed by atoms with Crippen molar-refractivity contribution < 1.29 is 9.90 Å². The van der Waals surface area contributed by atoms with Crippen LogP contribution in [0.3, 0.4) is 0 Å². The lowest BCUT2D eigenvalue weighted by atomic mass is 10.1. The molecule has 1 amide bonds. The maximum atomic E-state index is 12.2. The van der Waals surface area contributed by atoms with Crippen molar-refractivity contribution in [2.45, 2.75) is 0 Å². The Kier molecular flexibility index (Phi) is 4.25. The van der Waals surface area contributed by atoms with Crippen molar-refractivity contribution >= 4 is 17.5 Å². The summed E-state index contributed by atoms with van der Waals surface area (Å²) in [5, 5.41) is 18.1. The van der Waals surface area contributed by atoms with Gasteiger partial charge in [0, 0.05) is 31.7 Å². The molecule has 1 aliphatic heterocycles. The fourth-order valence-electron chi connectivity index (χ4n) is 2.03. The average Bonchev–Trinajstić information content (AvgIpc) is 2.42. The van der Waals surface area contributed by atoms with Gasteiger partial charge in [0.1, 0.15) is 5.75 Å². The number of carbonyl (C=O) groups excluding carboxylic acids is 1. The van der Waals surface area contributed by atoms with Gasteiger partial charge in [0.15, 0.2) is 0 Å². The number of hydrogen-bond donors (Lipinski definition) is 1. The molecule has 2 rings (SSSR count). The zero-order valence-corrected chi connectivity index (χ0v) is 11.1. The lowest BCUT2D eigenvalue weighted by Gasteiger charge is -2.33. The van der Waals surface area contributed by atoms with E-state index in [4.69, 9.17) is 16.9 Å². The number of hydrogen-bond acceptors (Lipinski definition) is 4. The molecule has 1 aliphatic rings. The van der Waals surface area contributed by atoms with Gasteiger partial charge in [-0.2, -0.15) is 5.26 Å². The molecule has 5 nitrogen and oxygen atoms in total. The lowest BCUT2D eigenvalue weighted by Crippen LogP contribution is -2.48. The predicted octanol–water partition coefficient (Wildman–Crippen LogP) is 1.33. The summed E-state index contributed by atoms with van der Waals surface area (Å²) in [5.41, 5.74) is 0.469. The van der Waals surface area contributed by atoms with Crippen molar-refractivity contribution in [1.29, 1.82) is 5.26 Å². The number of rotatable bonds is 2. The summed E-state index contributed by atoms with van der Waals surface area (Å²) in [6, 6.07) is 6.56. The first-order chi connectivity index (χ1) is 9.11. The Labute approximate surface area is 116 Å². The molecule has 0 atom stereocenters. The molecule has 19 heavy (non-hydrogen) atoms. The summed E-state index contributed by atoms with van der Waals surface area (Å²) in [7, 11) is 0. The highest BCUT2D eigenvalue weighted by Gasteiger charge is 2.22. The molecule has 0 saturated carbocycles. The quantitative estimate of drug-likeness (QED) is 0.829. The number of phenols is 1. The first kappa shape index (κ1) is 13.7. The Morgan fingerprint density at radius 2 is 2.05 bits per heavy atom. The molecule has 1 fully saturated rings. The third-order valence-electron chi connectivity index (χ3n) is 3.15. The normalized spacial score (nSPS) is 16.1. The van der Waals surface area contributed by atoms with E-state index < -0.39 is 0 Å². The van der Waals surface area contributed by atoms with Gasteiger partial charge in [0.25, 0.3) is 5.91 Å². The van der Waals surface area contributed by atoms with E-state index in [1.54, 1.807) is 11.0 Å². The second kappa shape index (κ2) is 5.91. The van der Waals surface area contributed by atoms with Crippen molar-refractivity contribution in [3.05, 3.63) is 28.8 Å². The number of amides is 1. The number of piperazine rings is 1. The van der Waals surface area contributed by atoms with Crippen LogP contribution in [0.25, 0.3) is 0 Å². The fraction of sp³-hybridized carbons (Fsp3) is 0.385. The molecule has 0 aromatic heterocycles. The standard InChI is InChI=1S/C13H14ClN3O2/c14-11-9-10(1-2-12(11)18)13(19)17-7-5-16(4-3-15)6-8-17/h1-2,9,18H,4-8H2. The Morgan fingerprint density at radius 1 is 1.37 bits per heavy atom. The summed E-state index contributed by atoms with van der Waals surface area (Å²) in [4.78, 5) is 16.0. The van der Waals surface area contributed by atoms with E-state index in [9.17, 15) is 9.90 Å². The van der Waals surface area contributed by atoms with E-state index in [-0.39, 0.29) is 16.7 Å². The monoisotopic (exact) mass is 279 g/mol. The Balaban J connectivity index is 2.01. The van der Waals surface area contributed by atoms with Crippen LogP contribution in [0, 0.1) is 11.3 Å². The molecule has 0 unspecified atom stereocenters. The molecule has 1 aromatic rings. The number of nitrogens with zero attached hydrogens (tertiary/aromatic N) is 3. The van der Waals surface area contributed by atoms with E-state index in [0.29, 0.717) is 38.3 Å². The maximum absolute atomic E-state index is 12.2. The molecule has 6 heteroatoms. The lowest BCUT2D eigenvalue weighted by molar-refractivity contribution is 0.0652. The van der Waals surface area contributed by atoms with Gasteiger partial charge in [-0.3, -0.25) is 9.69 Å². The molecule has 1 saturated heterocycles. The van der Waals surface area contributed by atoms with E-state index >= 15 is 0 Å². The minimum atomic E-state index is -0.0986. The number of halogens is 1. The van der Waals surface area contributed by atoms with Crippen LogP contribution in [-0.2, 0) is 0 Å². The molecular formula is C13H14ClN3O2. The molecule has 100 valence electrons. The molecule has 1 aromatic carbocycles. The average molecular weight is 280 g/mol. The van der Waals surface area contributed by atoms with Crippen molar-refractivity contribution in [3.63, 3.8) is 0 Å². The number of aromatic hydroxyl groups is 1. The van der Waals surface area contributed by atoms with Crippen molar-refractivity contribution in [3.8, 4) is 11.8 Å². The minimum absolute atomic E-state index is 0.0305. The highest BCUT2D eigenvalue weighted by atomic mass is 35.5. The first-order valence-corrected chi connectivity index (χ1v) is 6.36. The Hall–Kier alpha value is -1.77. The van der Waals surface area contributed by atoms with Crippen molar-refractivity contribution in [1.82, 2.24) is 9.80 Å². The molecule has 0 aliphatic carbocycles. The predicted molar refractivity (Wildman–Crippen MR) is 71.1 cm³/mol. The second-order valence-electron chi connectivity index (χ2n) is 4.39. The van der Waals surface area contributed by atoms with Crippen LogP contribution in [0.1, 0.15) is 10.4 Å². The van der Waals surface area contributed by atoms with Crippen LogP contribution >= 0.6 is 11.6 Å². The third kappa shape index (κ3) is 3.16. The smallest absolute Gasteiger partial charge is 0.253 e. The van der Waals surface area contributed by atoms with E-state index in [0.717, 1.165) is 0 Å². The van der Waals surface area contributed by atoms with Gasteiger partial charge in [-0.1, -0.05) is 11.6 Å². The molecule has 0 radical (unpaired) electrons. The van der Waals surface area contributed by atoms with Crippen LogP contribution in [0.4, 0.5) is 0 Å². The topological polar surface area (TPSA) is 67.6 Å². The molecule has 0 spiro atoms. The maximum Gasteiger partial charge on any atom is 0.253 e. The Morgan fingerprint density at radius 3 is 2.63 bits per heavy atom. The highest BCUT2D eigenvalue weighted by molar-refractivity contribution is 6.32. The molecule has 1 N–H and O–H groups in total. The molecular weight excluding hydrogens is 266 g/mol. The Bertz CT molecular complexity index is 519. The van der Waals surface area contributed by atoms with Gasteiger partial charge in [0.2, 0.25) is 0 Å². The van der Waals surface area contributed by atoms with Crippen molar-refractivity contribution in [2.75, 3.05) is 32.7 Å². The van der Waals surface area contributed by atoms with Gasteiger partial charge >= 0.3 is 0 Å². The summed E-state index contributed by atoms with van der Waals surface area (Å²) < 4.78 is 0. The largest absolute Gasteiger partial charge is 0.506 e. The van der Waals surface area contributed by atoms with Crippen LogP contribution < -0.4 is 0 Å². The first-order valence-electron chi connectivity index (χ1n) is 5.99. The van der Waals surface area contributed by atoms with Crippen molar-refractivity contribution in [2.24, 2.45) is 0 Å². The SMILES string of the molecule is N#CCN1CCN(C(=O)c2ccc(O)c(Cl)c2)CC1. The number of benzene rings is 1. The van der Waals surface area contributed by atoms with Gasteiger partial charge in [-0.15, -0.1) is 0 Å². The van der Waals surface area contributed by atoms with Gasteiger partial charge in [0.05, 0.1) is 17.6 Å². The summed E-state index contributed by atoms with van der Waals surface area (Å²) in [6.45, 7) is 2.99. The highest BCUT2D eigenvalue weighted by Crippen LogP contribution is 2.24.